The molecule has 2 N–H and O–H groups in total. The molecule has 5 heteroatoms. The van der Waals surface area contributed by atoms with Crippen molar-refractivity contribution >= 4 is 11.6 Å². The van der Waals surface area contributed by atoms with Crippen molar-refractivity contribution in [3.63, 3.8) is 0 Å². The van der Waals surface area contributed by atoms with Crippen LogP contribution in [0.2, 0.25) is 0 Å². The Morgan fingerprint density at radius 3 is 2.71 bits per heavy atom. The van der Waals surface area contributed by atoms with E-state index in [0.717, 1.165) is 25.1 Å². The van der Waals surface area contributed by atoms with Gasteiger partial charge in [0.1, 0.15) is 5.69 Å². The molecular formula is C16H26N4O. The highest BCUT2D eigenvalue weighted by Gasteiger charge is 2.36. The third-order valence-electron chi connectivity index (χ3n) is 4.43. The Hall–Kier alpha value is -1.62. The Labute approximate surface area is 127 Å². The molecule has 5 nitrogen and oxygen atoms in total. The van der Waals surface area contributed by atoms with Crippen molar-refractivity contribution in [2.24, 2.45) is 0 Å². The molecule has 1 heterocycles. The number of anilines is 1. The zero-order chi connectivity index (χ0) is 15.3. The zero-order valence-corrected chi connectivity index (χ0v) is 13.3. The van der Waals surface area contributed by atoms with E-state index in [0.29, 0.717) is 12.2 Å². The molecule has 1 aromatic heterocycles. The van der Waals surface area contributed by atoms with E-state index >= 15 is 0 Å². The van der Waals surface area contributed by atoms with Crippen molar-refractivity contribution in [1.29, 1.82) is 0 Å². The van der Waals surface area contributed by atoms with E-state index in [1.807, 2.05) is 13.0 Å². The van der Waals surface area contributed by atoms with Gasteiger partial charge >= 0.3 is 0 Å². The molecule has 0 aliphatic heterocycles. The summed E-state index contributed by atoms with van der Waals surface area (Å²) >= 11 is 0. The Bertz CT molecular complexity index is 481. The van der Waals surface area contributed by atoms with E-state index in [9.17, 15) is 4.79 Å². The molecule has 1 aromatic rings. The fourth-order valence-corrected chi connectivity index (χ4v) is 3.02. The predicted molar refractivity (Wildman–Crippen MR) is 85.6 cm³/mol. The molecule has 1 saturated carbocycles. The molecule has 0 saturated heterocycles. The standard InChI is InChI=1S/C16H26N4O/c1-4-17-13-7-10-18-14(11-13)15(21)19-12-16(20(2)3)8-5-6-9-16/h7,10-11H,4-6,8-9,12H2,1-3H3,(H,17,18)(H,19,21). The molecule has 116 valence electrons. The Balaban J connectivity index is 1.99. The van der Waals surface area contributed by atoms with Gasteiger partial charge in [0.05, 0.1) is 0 Å². The lowest BCUT2D eigenvalue weighted by Crippen LogP contribution is -2.50. The van der Waals surface area contributed by atoms with Gasteiger partial charge in [0.2, 0.25) is 0 Å². The van der Waals surface area contributed by atoms with E-state index in [-0.39, 0.29) is 11.4 Å². The number of nitrogens with one attached hydrogen (secondary N) is 2. The number of likely N-dealkylation sites (N-methyl/N-ethyl adjacent to an activating group) is 1. The van der Waals surface area contributed by atoms with Crippen LogP contribution in [-0.2, 0) is 0 Å². The Morgan fingerprint density at radius 1 is 1.38 bits per heavy atom. The van der Waals surface area contributed by atoms with Crippen molar-refractivity contribution < 1.29 is 4.79 Å². The number of pyridine rings is 1. The van der Waals surface area contributed by atoms with Crippen molar-refractivity contribution in [2.75, 3.05) is 32.5 Å². The molecule has 1 aliphatic rings. The van der Waals surface area contributed by atoms with E-state index in [1.165, 1.54) is 12.8 Å². The Kier molecular flexibility index (Phi) is 5.17. The summed E-state index contributed by atoms with van der Waals surface area (Å²) in [6.45, 7) is 3.54. The number of carbonyl (C=O) groups excluding carboxylic acids is 1. The number of carbonyl (C=O) groups is 1. The first-order valence-corrected chi connectivity index (χ1v) is 7.73. The summed E-state index contributed by atoms with van der Waals surface area (Å²) in [7, 11) is 4.20. The fraction of sp³-hybridized carbons (Fsp3) is 0.625. The third kappa shape index (κ3) is 3.73. The summed E-state index contributed by atoms with van der Waals surface area (Å²) in [6, 6.07) is 3.67. The number of aromatic nitrogens is 1. The average molecular weight is 290 g/mol. The highest BCUT2D eigenvalue weighted by Crippen LogP contribution is 2.33. The lowest BCUT2D eigenvalue weighted by atomic mass is 9.96. The van der Waals surface area contributed by atoms with Crippen molar-refractivity contribution in [2.45, 2.75) is 38.1 Å². The van der Waals surface area contributed by atoms with Gasteiger partial charge in [-0.15, -0.1) is 0 Å². The van der Waals surface area contributed by atoms with Crippen LogP contribution in [0.15, 0.2) is 18.3 Å². The van der Waals surface area contributed by atoms with Crippen LogP contribution in [0.25, 0.3) is 0 Å². The van der Waals surface area contributed by atoms with E-state index in [1.54, 1.807) is 12.3 Å². The summed E-state index contributed by atoms with van der Waals surface area (Å²) < 4.78 is 0. The summed E-state index contributed by atoms with van der Waals surface area (Å²) in [6.07, 6.45) is 6.44. The highest BCUT2D eigenvalue weighted by atomic mass is 16.1. The Morgan fingerprint density at radius 2 is 2.10 bits per heavy atom. The molecule has 1 aliphatic carbocycles. The van der Waals surface area contributed by atoms with Crippen LogP contribution in [0.5, 0.6) is 0 Å². The summed E-state index contributed by atoms with van der Waals surface area (Å²) in [4.78, 5) is 18.7. The minimum absolute atomic E-state index is 0.0946. The fourth-order valence-electron chi connectivity index (χ4n) is 3.02. The normalized spacial score (nSPS) is 17.0. The molecule has 2 rings (SSSR count). The minimum atomic E-state index is -0.0946. The van der Waals surface area contributed by atoms with Gasteiger partial charge in [-0.1, -0.05) is 12.8 Å². The molecular weight excluding hydrogens is 264 g/mol. The molecule has 1 fully saturated rings. The van der Waals surface area contributed by atoms with E-state index in [2.05, 4.69) is 34.6 Å². The molecule has 0 atom stereocenters. The monoisotopic (exact) mass is 290 g/mol. The maximum absolute atomic E-state index is 12.3. The highest BCUT2D eigenvalue weighted by molar-refractivity contribution is 5.93. The molecule has 0 unspecified atom stereocenters. The van der Waals surface area contributed by atoms with Crippen LogP contribution in [0, 0.1) is 0 Å². The third-order valence-corrected chi connectivity index (χ3v) is 4.43. The topological polar surface area (TPSA) is 57.3 Å². The first kappa shape index (κ1) is 15.8. The number of amides is 1. The number of nitrogens with zero attached hydrogens (tertiary/aromatic N) is 2. The van der Waals surface area contributed by atoms with E-state index < -0.39 is 0 Å². The summed E-state index contributed by atoms with van der Waals surface area (Å²) in [5.41, 5.74) is 1.51. The lowest BCUT2D eigenvalue weighted by Gasteiger charge is -2.36. The molecule has 0 bridgehead atoms. The summed E-state index contributed by atoms with van der Waals surface area (Å²) in [5.74, 6) is -0.0946. The molecule has 0 radical (unpaired) electrons. The van der Waals surface area contributed by atoms with Crippen LogP contribution < -0.4 is 10.6 Å². The van der Waals surface area contributed by atoms with Gasteiger partial charge in [0, 0.05) is 30.5 Å². The first-order valence-electron chi connectivity index (χ1n) is 7.73. The largest absolute Gasteiger partial charge is 0.385 e. The van der Waals surface area contributed by atoms with Gasteiger partial charge in [-0.2, -0.15) is 0 Å². The predicted octanol–water partition coefficient (Wildman–Crippen LogP) is 2.12. The van der Waals surface area contributed by atoms with Crippen molar-refractivity contribution in [3.05, 3.63) is 24.0 Å². The second-order valence-electron chi connectivity index (χ2n) is 5.97. The molecule has 0 spiro atoms. The number of hydrogen-bond acceptors (Lipinski definition) is 4. The van der Waals surface area contributed by atoms with Crippen LogP contribution in [0.3, 0.4) is 0 Å². The van der Waals surface area contributed by atoms with Crippen LogP contribution in [-0.4, -0.2) is 48.5 Å². The van der Waals surface area contributed by atoms with Crippen molar-refractivity contribution in [1.82, 2.24) is 15.2 Å². The average Bonchev–Trinajstić information content (AvgIpc) is 2.96. The first-order chi connectivity index (χ1) is 10.1. The van der Waals surface area contributed by atoms with Crippen LogP contribution >= 0.6 is 0 Å². The molecule has 1 amide bonds. The van der Waals surface area contributed by atoms with E-state index in [4.69, 9.17) is 0 Å². The van der Waals surface area contributed by atoms with Gasteiger partial charge in [-0.05, 0) is 46.0 Å². The minimum Gasteiger partial charge on any atom is -0.385 e. The van der Waals surface area contributed by atoms with Gasteiger partial charge < -0.3 is 15.5 Å². The number of rotatable bonds is 6. The van der Waals surface area contributed by atoms with Crippen LogP contribution in [0.1, 0.15) is 43.1 Å². The smallest absolute Gasteiger partial charge is 0.270 e. The SMILES string of the molecule is CCNc1ccnc(C(=O)NCC2(N(C)C)CCCC2)c1. The van der Waals surface area contributed by atoms with Crippen molar-refractivity contribution in [3.8, 4) is 0 Å². The number of hydrogen-bond donors (Lipinski definition) is 2. The second kappa shape index (κ2) is 6.89. The van der Waals surface area contributed by atoms with Crippen LogP contribution in [0.4, 0.5) is 5.69 Å². The summed E-state index contributed by atoms with van der Waals surface area (Å²) in [5, 5.41) is 6.26. The van der Waals surface area contributed by atoms with Gasteiger partial charge in [-0.25, -0.2) is 0 Å². The van der Waals surface area contributed by atoms with Gasteiger partial charge in [-0.3, -0.25) is 9.78 Å². The van der Waals surface area contributed by atoms with Gasteiger partial charge in [0.25, 0.3) is 5.91 Å². The molecule has 21 heavy (non-hydrogen) atoms. The molecule has 0 aromatic carbocycles. The quantitative estimate of drug-likeness (QED) is 0.842. The zero-order valence-electron chi connectivity index (χ0n) is 13.3. The lowest BCUT2D eigenvalue weighted by molar-refractivity contribution is 0.0895. The second-order valence-corrected chi connectivity index (χ2v) is 5.97. The maximum Gasteiger partial charge on any atom is 0.270 e. The van der Waals surface area contributed by atoms with Gasteiger partial charge in [0.15, 0.2) is 0 Å². The maximum atomic E-state index is 12.3.